The van der Waals surface area contributed by atoms with Gasteiger partial charge < -0.3 is 9.47 Å². The second-order valence-corrected chi connectivity index (χ2v) is 4.35. The molecule has 3 heteroatoms. The van der Waals surface area contributed by atoms with E-state index in [0.29, 0.717) is 12.5 Å². The maximum Gasteiger partial charge on any atom is 0.338 e. The van der Waals surface area contributed by atoms with E-state index in [0.717, 1.165) is 6.42 Å². The van der Waals surface area contributed by atoms with Crippen LogP contribution in [0.3, 0.4) is 0 Å². The highest BCUT2D eigenvalue weighted by Gasteiger charge is 2.64. The molecule has 2 aliphatic rings. The van der Waals surface area contributed by atoms with Crippen molar-refractivity contribution in [3.05, 3.63) is 0 Å². The predicted molar refractivity (Wildman–Crippen MR) is 51.9 cm³/mol. The summed E-state index contributed by atoms with van der Waals surface area (Å²) in [4.78, 5) is 11.5. The average Bonchev–Trinajstić information content (AvgIpc) is 2.87. The van der Waals surface area contributed by atoms with Gasteiger partial charge in [-0.05, 0) is 25.7 Å². The van der Waals surface area contributed by atoms with Crippen molar-refractivity contribution in [3.8, 4) is 0 Å². The van der Waals surface area contributed by atoms with E-state index in [4.69, 9.17) is 9.47 Å². The molecular formula is C11H18O3. The van der Waals surface area contributed by atoms with Crippen molar-refractivity contribution in [1.29, 1.82) is 0 Å². The topological polar surface area (TPSA) is 38.8 Å². The van der Waals surface area contributed by atoms with Crippen molar-refractivity contribution in [2.45, 2.75) is 51.2 Å². The molecule has 80 valence electrons. The zero-order chi connectivity index (χ0) is 10.2. The SMILES string of the molecule is CCOC(=O)[C@H]1O[C@]12CCCC[C@@H]2C. The molecule has 1 spiro atoms. The third-order valence-corrected chi connectivity index (χ3v) is 3.51. The number of hydrogen-bond donors (Lipinski definition) is 0. The second-order valence-electron chi connectivity index (χ2n) is 4.35. The molecule has 0 unspecified atom stereocenters. The van der Waals surface area contributed by atoms with Crippen molar-refractivity contribution in [2.24, 2.45) is 5.92 Å². The molecule has 0 bridgehead atoms. The number of carbonyl (C=O) groups is 1. The largest absolute Gasteiger partial charge is 0.464 e. The molecule has 14 heavy (non-hydrogen) atoms. The van der Waals surface area contributed by atoms with E-state index in [1.165, 1.54) is 19.3 Å². The van der Waals surface area contributed by atoms with Gasteiger partial charge in [0, 0.05) is 0 Å². The highest BCUT2D eigenvalue weighted by molar-refractivity contribution is 5.79. The maximum atomic E-state index is 11.5. The zero-order valence-corrected chi connectivity index (χ0v) is 8.91. The third kappa shape index (κ3) is 1.44. The minimum atomic E-state index is -0.266. The number of hydrogen-bond acceptors (Lipinski definition) is 3. The van der Waals surface area contributed by atoms with Crippen LogP contribution in [-0.2, 0) is 14.3 Å². The van der Waals surface area contributed by atoms with Gasteiger partial charge in [0.25, 0.3) is 0 Å². The standard InChI is InChI=1S/C11H18O3/c1-3-13-10(12)9-11(14-9)7-5-4-6-8(11)2/h8-9H,3-7H2,1-2H3/t8-,9+,11-/m0/s1. The van der Waals surface area contributed by atoms with Gasteiger partial charge in [0.15, 0.2) is 6.10 Å². The Bertz CT molecular complexity index is 239. The molecule has 0 aromatic rings. The van der Waals surface area contributed by atoms with Crippen LogP contribution in [0.2, 0.25) is 0 Å². The fourth-order valence-electron chi connectivity index (χ4n) is 2.56. The predicted octanol–water partition coefficient (Wildman–Crippen LogP) is 1.90. The van der Waals surface area contributed by atoms with E-state index in [1.54, 1.807) is 0 Å². The third-order valence-electron chi connectivity index (χ3n) is 3.51. The first-order valence-electron chi connectivity index (χ1n) is 5.55. The van der Waals surface area contributed by atoms with Gasteiger partial charge in [-0.1, -0.05) is 19.8 Å². The van der Waals surface area contributed by atoms with E-state index >= 15 is 0 Å². The molecule has 3 nitrogen and oxygen atoms in total. The maximum absolute atomic E-state index is 11.5. The van der Waals surface area contributed by atoms with Crippen LogP contribution >= 0.6 is 0 Å². The van der Waals surface area contributed by atoms with Crippen molar-refractivity contribution >= 4 is 5.97 Å². The lowest BCUT2D eigenvalue weighted by Crippen LogP contribution is -2.32. The molecule has 1 aliphatic heterocycles. The Morgan fingerprint density at radius 2 is 2.36 bits per heavy atom. The number of esters is 1. The molecule has 0 radical (unpaired) electrons. The molecular weight excluding hydrogens is 180 g/mol. The van der Waals surface area contributed by atoms with E-state index in [9.17, 15) is 4.79 Å². The van der Waals surface area contributed by atoms with E-state index < -0.39 is 0 Å². The van der Waals surface area contributed by atoms with Crippen LogP contribution in [-0.4, -0.2) is 24.3 Å². The fraction of sp³-hybridized carbons (Fsp3) is 0.909. The Balaban J connectivity index is 1.97. The normalized spacial score (nSPS) is 41.0. The summed E-state index contributed by atoms with van der Waals surface area (Å²) in [6.07, 6.45) is 4.38. The smallest absolute Gasteiger partial charge is 0.338 e. The lowest BCUT2D eigenvalue weighted by atomic mass is 9.78. The molecule has 0 aromatic carbocycles. The Hall–Kier alpha value is -0.570. The van der Waals surface area contributed by atoms with Crippen LogP contribution in [0, 0.1) is 5.92 Å². The summed E-state index contributed by atoms with van der Waals surface area (Å²) < 4.78 is 10.6. The van der Waals surface area contributed by atoms with Gasteiger partial charge >= 0.3 is 5.97 Å². The molecule has 0 N–H and O–H groups in total. The summed E-state index contributed by atoms with van der Waals surface area (Å²) in [7, 11) is 0. The highest BCUT2D eigenvalue weighted by Crippen LogP contribution is 2.51. The van der Waals surface area contributed by atoms with E-state index in [-0.39, 0.29) is 17.7 Å². The van der Waals surface area contributed by atoms with Gasteiger partial charge in [0.1, 0.15) is 5.60 Å². The number of carbonyl (C=O) groups excluding carboxylic acids is 1. The van der Waals surface area contributed by atoms with Crippen LogP contribution in [0.25, 0.3) is 0 Å². The lowest BCUT2D eigenvalue weighted by Gasteiger charge is -2.25. The van der Waals surface area contributed by atoms with Crippen LogP contribution < -0.4 is 0 Å². The number of epoxide rings is 1. The number of rotatable bonds is 2. The minimum Gasteiger partial charge on any atom is -0.464 e. The second kappa shape index (κ2) is 3.54. The van der Waals surface area contributed by atoms with Crippen molar-refractivity contribution in [1.82, 2.24) is 0 Å². The van der Waals surface area contributed by atoms with E-state index in [1.807, 2.05) is 6.92 Å². The quantitative estimate of drug-likeness (QED) is 0.502. The van der Waals surface area contributed by atoms with Crippen molar-refractivity contribution in [3.63, 3.8) is 0 Å². The summed E-state index contributed by atoms with van der Waals surface area (Å²) in [6.45, 7) is 4.46. The van der Waals surface area contributed by atoms with E-state index in [2.05, 4.69) is 6.92 Å². The summed E-state index contributed by atoms with van der Waals surface area (Å²) >= 11 is 0. The fourth-order valence-corrected chi connectivity index (χ4v) is 2.56. The molecule has 1 heterocycles. The van der Waals surface area contributed by atoms with Crippen molar-refractivity contribution in [2.75, 3.05) is 6.61 Å². The van der Waals surface area contributed by atoms with Crippen LogP contribution in [0.15, 0.2) is 0 Å². The Morgan fingerprint density at radius 1 is 1.57 bits per heavy atom. The van der Waals surface area contributed by atoms with Gasteiger partial charge in [0.2, 0.25) is 0 Å². The first-order chi connectivity index (χ1) is 6.70. The summed E-state index contributed by atoms with van der Waals surface area (Å²) in [5.74, 6) is 0.340. The van der Waals surface area contributed by atoms with Gasteiger partial charge in [-0.25, -0.2) is 4.79 Å². The van der Waals surface area contributed by atoms with Gasteiger partial charge in [-0.3, -0.25) is 0 Å². The Kier molecular flexibility index (Phi) is 2.52. The van der Waals surface area contributed by atoms with Crippen LogP contribution in [0.4, 0.5) is 0 Å². The average molecular weight is 198 g/mol. The van der Waals surface area contributed by atoms with Crippen LogP contribution in [0.5, 0.6) is 0 Å². The number of ether oxygens (including phenoxy) is 2. The molecule has 2 fully saturated rings. The summed E-state index contributed by atoms with van der Waals surface area (Å²) in [5.41, 5.74) is -0.148. The molecule has 3 atom stereocenters. The summed E-state index contributed by atoms with van der Waals surface area (Å²) in [6, 6.07) is 0. The van der Waals surface area contributed by atoms with Gasteiger partial charge in [-0.2, -0.15) is 0 Å². The monoisotopic (exact) mass is 198 g/mol. The Morgan fingerprint density at radius 3 is 3.00 bits per heavy atom. The van der Waals surface area contributed by atoms with Gasteiger partial charge in [-0.15, -0.1) is 0 Å². The first kappa shape index (κ1) is 9.97. The molecule has 2 rings (SSSR count). The summed E-state index contributed by atoms with van der Waals surface area (Å²) in [5, 5.41) is 0. The Labute approximate surface area is 84.8 Å². The minimum absolute atomic E-state index is 0.148. The zero-order valence-electron chi connectivity index (χ0n) is 8.91. The first-order valence-corrected chi connectivity index (χ1v) is 5.55. The van der Waals surface area contributed by atoms with Crippen LogP contribution in [0.1, 0.15) is 39.5 Å². The van der Waals surface area contributed by atoms with Gasteiger partial charge in [0.05, 0.1) is 6.61 Å². The molecule has 1 saturated heterocycles. The van der Waals surface area contributed by atoms with Crippen molar-refractivity contribution < 1.29 is 14.3 Å². The molecule has 1 saturated carbocycles. The molecule has 0 aromatic heterocycles. The molecule has 1 aliphatic carbocycles. The highest BCUT2D eigenvalue weighted by atomic mass is 16.7. The molecule has 0 amide bonds. The lowest BCUT2D eigenvalue weighted by molar-refractivity contribution is -0.144.